The minimum Gasteiger partial charge on any atom is -0.456 e. The first-order valence-corrected chi connectivity index (χ1v) is 16.2. The second-order valence-electron chi connectivity index (χ2n) is 11.9. The number of nitrogens with zero attached hydrogens (tertiary/aromatic N) is 1. The van der Waals surface area contributed by atoms with Crippen molar-refractivity contribution >= 4 is 49.2 Å². The van der Waals surface area contributed by atoms with Gasteiger partial charge in [-0.05, 0) is 58.0 Å². The van der Waals surface area contributed by atoms with Gasteiger partial charge >= 0.3 is 17.8 Å². The molecule has 1 aromatic rings. The van der Waals surface area contributed by atoms with E-state index >= 15 is 0 Å². The highest BCUT2D eigenvalue weighted by atomic mass is 32.1. The largest absolute Gasteiger partial charge is 0.456 e. The lowest BCUT2D eigenvalue weighted by Gasteiger charge is -2.49. The number of hydrogen-bond donors (Lipinski definition) is 0. The van der Waals surface area contributed by atoms with Gasteiger partial charge in [0.1, 0.15) is 17.1 Å². The van der Waals surface area contributed by atoms with Gasteiger partial charge in [-0.25, -0.2) is 9.59 Å². The van der Waals surface area contributed by atoms with Crippen molar-refractivity contribution in [1.29, 1.82) is 0 Å². The predicted molar refractivity (Wildman–Crippen MR) is 146 cm³/mol. The van der Waals surface area contributed by atoms with Crippen molar-refractivity contribution in [2.45, 2.75) is 90.8 Å². The quantitative estimate of drug-likeness (QED) is 0.105. The van der Waals surface area contributed by atoms with Crippen LogP contribution in [0, 0.1) is 5.92 Å². The molecular weight excluding hydrogens is 526 g/mol. The van der Waals surface area contributed by atoms with Crippen molar-refractivity contribution < 1.29 is 37.9 Å². The van der Waals surface area contributed by atoms with Gasteiger partial charge in [-0.3, -0.25) is 19.3 Å². The molecule has 1 saturated heterocycles. The lowest BCUT2D eigenvalue weighted by Crippen LogP contribution is -2.68. The third-order valence-corrected chi connectivity index (χ3v) is 12.3. The molecule has 1 aromatic heterocycles. The summed E-state index contributed by atoms with van der Waals surface area (Å²) in [5.41, 5.74) is -0.688. The van der Waals surface area contributed by atoms with Crippen LogP contribution in [-0.4, -0.2) is 67.1 Å². The van der Waals surface area contributed by atoms with Gasteiger partial charge in [0.25, 0.3) is 0 Å². The summed E-state index contributed by atoms with van der Waals surface area (Å²) < 4.78 is 16.6. The molecule has 2 amide bonds. The van der Waals surface area contributed by atoms with E-state index in [0.717, 1.165) is 16.2 Å². The maximum absolute atomic E-state index is 13.2. The van der Waals surface area contributed by atoms with Gasteiger partial charge in [-0.15, -0.1) is 11.3 Å². The molecule has 3 atom stereocenters. The van der Waals surface area contributed by atoms with Gasteiger partial charge in [0.15, 0.2) is 14.1 Å². The molecule has 0 saturated carbocycles. The Hall–Kier alpha value is -2.63. The third kappa shape index (κ3) is 7.26. The molecule has 0 radical (unpaired) electrons. The molecule has 2 heterocycles. The van der Waals surface area contributed by atoms with Gasteiger partial charge < -0.3 is 13.9 Å². The molecule has 1 fully saturated rings. The minimum absolute atomic E-state index is 0.127. The van der Waals surface area contributed by atoms with Crippen molar-refractivity contribution in [3.8, 4) is 0 Å². The average molecular weight is 566 g/mol. The first-order valence-electron chi connectivity index (χ1n) is 12.5. The smallest absolute Gasteiger partial charge is 0.397 e. The molecule has 38 heavy (non-hydrogen) atoms. The number of rotatable bonds is 9. The summed E-state index contributed by atoms with van der Waals surface area (Å²) in [6, 6.07) is 2.13. The van der Waals surface area contributed by atoms with Gasteiger partial charge in [0.05, 0.1) is 22.9 Å². The number of carbonyl (C=O) groups is 5. The lowest BCUT2D eigenvalue weighted by molar-refractivity contribution is -0.179. The molecule has 0 N–H and O–H groups in total. The van der Waals surface area contributed by atoms with Gasteiger partial charge in [0.2, 0.25) is 5.91 Å². The normalized spacial score (nSPS) is 18.9. The summed E-state index contributed by atoms with van der Waals surface area (Å²) in [4.78, 5) is 65.2. The molecule has 0 aliphatic carbocycles. The zero-order valence-corrected chi connectivity index (χ0v) is 25.5. The number of carbonyl (C=O) groups excluding carboxylic acids is 5. The van der Waals surface area contributed by atoms with Crippen molar-refractivity contribution in [1.82, 2.24) is 4.90 Å². The minimum atomic E-state index is -2.29. The van der Waals surface area contributed by atoms with Crippen LogP contribution >= 0.6 is 11.3 Å². The summed E-state index contributed by atoms with van der Waals surface area (Å²) in [7, 11) is -2.29. The molecule has 1 aliphatic rings. The Kier molecular flexibility index (Phi) is 9.66. The molecule has 0 aromatic carbocycles. The summed E-state index contributed by atoms with van der Waals surface area (Å²) in [6.07, 6.45) is 0.493. The fraction of sp³-hybridized carbons (Fsp3) is 0.593. The van der Waals surface area contributed by atoms with E-state index in [1.54, 1.807) is 27.7 Å². The van der Waals surface area contributed by atoms with Gasteiger partial charge in [-0.2, -0.15) is 0 Å². The topological polar surface area (TPSA) is 116 Å². The highest BCUT2D eigenvalue weighted by Crippen LogP contribution is 2.41. The zero-order valence-electron chi connectivity index (χ0n) is 23.7. The molecule has 2 rings (SSSR count). The van der Waals surface area contributed by atoms with Crippen molar-refractivity contribution in [3.05, 3.63) is 34.5 Å². The predicted octanol–water partition coefficient (Wildman–Crippen LogP) is 4.77. The number of esters is 2. The van der Waals surface area contributed by atoms with E-state index in [-0.39, 0.29) is 33.6 Å². The Morgan fingerprint density at radius 2 is 1.68 bits per heavy atom. The summed E-state index contributed by atoms with van der Waals surface area (Å²) in [6.45, 7) is 20.6. The molecule has 0 unspecified atom stereocenters. The van der Waals surface area contributed by atoms with E-state index in [1.807, 2.05) is 13.1 Å². The van der Waals surface area contributed by atoms with E-state index < -0.39 is 55.7 Å². The van der Waals surface area contributed by atoms with E-state index in [9.17, 15) is 24.0 Å². The van der Waals surface area contributed by atoms with E-state index in [2.05, 4.69) is 27.4 Å². The molecule has 210 valence electrons. The number of thiophene rings is 1. The Balaban J connectivity index is 2.30. The second kappa shape index (κ2) is 11.6. The number of ether oxygens (including phenoxy) is 2. The van der Waals surface area contributed by atoms with Crippen molar-refractivity contribution in [2.75, 3.05) is 6.61 Å². The van der Waals surface area contributed by atoms with Crippen LogP contribution in [0.1, 0.15) is 74.2 Å². The zero-order chi connectivity index (χ0) is 29.2. The van der Waals surface area contributed by atoms with Crippen molar-refractivity contribution in [3.63, 3.8) is 0 Å². The van der Waals surface area contributed by atoms with Crippen LogP contribution in [0.4, 0.5) is 0 Å². The van der Waals surface area contributed by atoms with E-state index in [4.69, 9.17) is 13.9 Å². The standard InChI is InChI=1S/C27H39NO8SSi/c1-11-14-34-25(33)23(31)28-17(21(22(28)30)16(2)36-38(9,10)27(6,7)8)15-18(29)19-12-13-20(37-19)24(32)35-26(3,4)5/h11-13,16-17,21H,1,14-15H2,2-10H3/t16-,17+,21+/m0/s1. The van der Waals surface area contributed by atoms with E-state index in [1.165, 1.54) is 18.2 Å². The average Bonchev–Trinajstić information content (AvgIpc) is 3.25. The van der Waals surface area contributed by atoms with Crippen LogP contribution in [0.25, 0.3) is 0 Å². The lowest BCUT2D eigenvalue weighted by atomic mass is 9.80. The summed E-state index contributed by atoms with van der Waals surface area (Å²) in [5, 5.41) is -0.127. The SMILES string of the molecule is C=CCOC(=O)C(=O)N1C(=O)[C@H]([C@H](C)O[Si](C)(C)C(C)(C)C)[C@H]1CC(=O)c1ccc(C(=O)OC(C)(C)C)s1. The van der Waals surface area contributed by atoms with Crippen molar-refractivity contribution in [2.24, 2.45) is 5.92 Å². The number of likely N-dealkylation sites (tertiary alicyclic amines) is 1. The Labute approximate surface area is 229 Å². The maximum Gasteiger partial charge on any atom is 0.397 e. The van der Waals surface area contributed by atoms with Crippen LogP contribution in [0.15, 0.2) is 24.8 Å². The number of amides is 2. The molecular formula is C27H39NO8SSi. The van der Waals surface area contributed by atoms with Crippen LogP contribution in [0.2, 0.25) is 18.1 Å². The number of β-lactam (4-membered cyclic amide) rings is 1. The molecule has 11 heteroatoms. The highest BCUT2D eigenvalue weighted by molar-refractivity contribution is 7.15. The summed E-state index contributed by atoms with van der Waals surface area (Å²) in [5.74, 6) is -4.63. The number of Topliss-reactive ketones (excluding diaryl/α,β-unsaturated/α-hetero) is 1. The van der Waals surface area contributed by atoms with E-state index in [0.29, 0.717) is 0 Å². The van der Waals surface area contributed by atoms with Crippen LogP contribution in [-0.2, 0) is 28.3 Å². The monoisotopic (exact) mass is 565 g/mol. The van der Waals surface area contributed by atoms with Crippen LogP contribution < -0.4 is 0 Å². The fourth-order valence-corrected chi connectivity index (χ4v) is 6.04. The van der Waals surface area contributed by atoms with Crippen LogP contribution in [0.3, 0.4) is 0 Å². The Bertz CT molecular complexity index is 1110. The molecule has 0 spiro atoms. The highest BCUT2D eigenvalue weighted by Gasteiger charge is 2.56. The first-order chi connectivity index (χ1) is 17.3. The Morgan fingerprint density at radius 3 is 2.21 bits per heavy atom. The molecule has 0 bridgehead atoms. The van der Waals surface area contributed by atoms with Crippen LogP contribution in [0.5, 0.6) is 0 Å². The third-order valence-electron chi connectivity index (χ3n) is 6.66. The Morgan fingerprint density at radius 1 is 1.11 bits per heavy atom. The molecule has 9 nitrogen and oxygen atoms in total. The van der Waals surface area contributed by atoms with Gasteiger partial charge in [0, 0.05) is 6.42 Å². The molecule has 1 aliphatic heterocycles. The summed E-state index contributed by atoms with van der Waals surface area (Å²) >= 11 is 0.978. The van der Waals surface area contributed by atoms with Gasteiger partial charge in [-0.1, -0.05) is 33.4 Å². The number of hydrogen-bond acceptors (Lipinski definition) is 9. The second-order valence-corrected chi connectivity index (χ2v) is 17.7. The first kappa shape index (κ1) is 31.6. The fourth-order valence-electron chi connectivity index (χ4n) is 3.78. The maximum atomic E-state index is 13.2. The number of imide groups is 1. The number of ketones is 1.